The molecule has 0 spiro atoms. The molecule has 0 bridgehead atoms. The molecule has 0 aliphatic heterocycles. The van der Waals surface area contributed by atoms with Gasteiger partial charge >= 0.3 is 0 Å². The summed E-state index contributed by atoms with van der Waals surface area (Å²) in [4.78, 5) is 8.86. The maximum absolute atomic E-state index is 13.4. The normalized spacial score (nSPS) is 11.3. The van der Waals surface area contributed by atoms with E-state index in [0.717, 1.165) is 45.8 Å². The number of anilines is 2. The van der Waals surface area contributed by atoms with E-state index in [0.29, 0.717) is 23.1 Å². The molecule has 0 atom stereocenters. The summed E-state index contributed by atoms with van der Waals surface area (Å²) in [6, 6.07) is 21.5. The molecular weight excluding hydrogens is 503 g/mol. The van der Waals surface area contributed by atoms with Gasteiger partial charge in [-0.15, -0.1) is 0 Å². The van der Waals surface area contributed by atoms with E-state index in [2.05, 4.69) is 26.7 Å². The van der Waals surface area contributed by atoms with Crippen molar-refractivity contribution in [2.24, 2.45) is 0 Å². The first-order valence-corrected chi connectivity index (χ1v) is 12.6. The molecule has 0 unspecified atom stereocenters. The molecule has 0 radical (unpaired) electrons. The van der Waals surface area contributed by atoms with Crippen LogP contribution in [0.2, 0.25) is 5.02 Å². The first kappa shape index (κ1) is 25.4. The van der Waals surface area contributed by atoms with Crippen LogP contribution in [0.1, 0.15) is 18.2 Å². The summed E-state index contributed by atoms with van der Waals surface area (Å²) in [5, 5.41) is 7.92. The van der Waals surface area contributed by atoms with Crippen LogP contribution >= 0.6 is 11.6 Å². The Hall–Kier alpha value is -4.20. The average molecular weight is 529 g/mol. The highest BCUT2D eigenvalue weighted by Crippen LogP contribution is 2.32. The van der Waals surface area contributed by atoms with Crippen molar-refractivity contribution in [3.63, 3.8) is 0 Å². The minimum absolute atomic E-state index is 0.212. The van der Waals surface area contributed by atoms with Crippen LogP contribution < -0.4 is 15.4 Å². The largest absolute Gasteiger partial charge is 0.487 e. The number of allylic oxidation sites excluding steroid dienone is 1. The summed E-state index contributed by atoms with van der Waals surface area (Å²) < 4.78 is 25.3. The van der Waals surface area contributed by atoms with Crippen molar-refractivity contribution in [3.8, 4) is 17.1 Å². The zero-order chi connectivity index (χ0) is 26.3. The van der Waals surface area contributed by atoms with Crippen LogP contribution in [0.5, 0.6) is 5.75 Å². The fourth-order valence-corrected chi connectivity index (χ4v) is 4.19. The van der Waals surface area contributed by atoms with Crippen molar-refractivity contribution >= 4 is 34.0 Å². The molecule has 0 aliphatic carbocycles. The molecule has 0 fully saturated rings. The van der Waals surface area contributed by atoms with Crippen LogP contribution in [-0.2, 0) is 13.2 Å². The predicted molar refractivity (Wildman–Crippen MR) is 149 cm³/mol. The first-order valence-electron chi connectivity index (χ1n) is 12.2. The Bertz CT molecular complexity index is 1580. The van der Waals surface area contributed by atoms with Crippen molar-refractivity contribution in [1.82, 2.24) is 15.3 Å². The molecule has 6 nitrogen and oxygen atoms in total. The number of rotatable bonds is 10. The van der Waals surface area contributed by atoms with E-state index in [1.54, 1.807) is 24.3 Å². The first-order chi connectivity index (χ1) is 18.6. The van der Waals surface area contributed by atoms with Gasteiger partial charge in [-0.2, -0.15) is 0 Å². The summed E-state index contributed by atoms with van der Waals surface area (Å²) in [5.41, 5.74) is 3.19. The van der Waals surface area contributed by atoms with Crippen molar-refractivity contribution in [1.29, 1.82) is 0 Å². The van der Waals surface area contributed by atoms with Crippen molar-refractivity contribution in [2.75, 3.05) is 11.9 Å². The zero-order valence-corrected chi connectivity index (χ0v) is 21.5. The second-order valence-electron chi connectivity index (χ2n) is 8.61. The van der Waals surface area contributed by atoms with E-state index < -0.39 is 0 Å². The molecule has 0 aliphatic rings. The highest BCUT2D eigenvalue weighted by atomic mass is 35.5. The zero-order valence-electron chi connectivity index (χ0n) is 20.7. The Labute approximate surface area is 225 Å². The minimum Gasteiger partial charge on any atom is -0.487 e. The Morgan fingerprint density at radius 1 is 1.03 bits per heavy atom. The van der Waals surface area contributed by atoms with Crippen LogP contribution in [0.15, 0.2) is 95.7 Å². The van der Waals surface area contributed by atoms with E-state index >= 15 is 0 Å². The van der Waals surface area contributed by atoms with Crippen LogP contribution in [0, 0.1) is 5.82 Å². The molecule has 38 heavy (non-hydrogen) atoms. The maximum Gasteiger partial charge on any atom is 0.141 e. The summed E-state index contributed by atoms with van der Waals surface area (Å²) >= 11 is 6.48. The standard InChI is InChI=1S/C30H26ClFN4O2/c1-2-3-13-33-17-24-9-12-28(38-24)21-7-10-27-25(15-21)30(35-19-34-27)36-23-8-11-29(26(31)16-23)37-18-20-5-4-6-22(32)14-20/h2-12,14-16,19,33H,13,17-18H2,1H3,(H,34,35,36)/b3-2+. The van der Waals surface area contributed by atoms with E-state index in [1.165, 1.54) is 18.5 Å². The SMILES string of the molecule is C/C=C/CNCc1ccc(-c2ccc3ncnc(Nc4ccc(OCc5cccc(F)c5)c(Cl)c4)c3c2)o1. The van der Waals surface area contributed by atoms with Gasteiger partial charge in [0.15, 0.2) is 0 Å². The number of aromatic nitrogens is 2. The third-order valence-corrected chi connectivity index (χ3v) is 6.15. The van der Waals surface area contributed by atoms with Gasteiger partial charge in [-0.1, -0.05) is 35.9 Å². The van der Waals surface area contributed by atoms with E-state index in [1.807, 2.05) is 49.4 Å². The number of hydrogen-bond acceptors (Lipinski definition) is 6. The lowest BCUT2D eigenvalue weighted by molar-refractivity contribution is 0.306. The molecule has 192 valence electrons. The molecule has 3 aromatic carbocycles. The number of hydrogen-bond donors (Lipinski definition) is 2. The van der Waals surface area contributed by atoms with Gasteiger partial charge in [0.25, 0.3) is 0 Å². The van der Waals surface area contributed by atoms with Gasteiger partial charge in [0.1, 0.15) is 41.8 Å². The molecule has 8 heteroatoms. The predicted octanol–water partition coefficient (Wildman–Crippen LogP) is 7.67. The van der Waals surface area contributed by atoms with Crippen molar-refractivity contribution in [3.05, 3.63) is 113 Å². The van der Waals surface area contributed by atoms with Crippen LogP contribution in [-0.4, -0.2) is 16.5 Å². The Morgan fingerprint density at radius 2 is 1.95 bits per heavy atom. The molecule has 2 heterocycles. The number of fused-ring (bicyclic) bond motifs is 1. The smallest absolute Gasteiger partial charge is 0.141 e. The molecule has 2 N–H and O–H groups in total. The third kappa shape index (κ3) is 6.19. The summed E-state index contributed by atoms with van der Waals surface area (Å²) in [7, 11) is 0. The second-order valence-corrected chi connectivity index (χ2v) is 9.02. The highest BCUT2D eigenvalue weighted by molar-refractivity contribution is 6.32. The number of nitrogens with zero attached hydrogens (tertiary/aromatic N) is 2. The van der Waals surface area contributed by atoms with Gasteiger partial charge in [0.2, 0.25) is 0 Å². The number of ether oxygens (including phenoxy) is 1. The molecule has 5 rings (SSSR count). The lowest BCUT2D eigenvalue weighted by atomic mass is 10.1. The van der Waals surface area contributed by atoms with Crippen molar-refractivity contribution in [2.45, 2.75) is 20.1 Å². The van der Waals surface area contributed by atoms with Crippen LogP contribution in [0.25, 0.3) is 22.2 Å². The van der Waals surface area contributed by atoms with E-state index in [4.69, 9.17) is 20.8 Å². The fourth-order valence-electron chi connectivity index (χ4n) is 3.95. The summed E-state index contributed by atoms with van der Waals surface area (Å²) in [6.07, 6.45) is 5.58. The topological polar surface area (TPSA) is 72.2 Å². The number of benzene rings is 3. The van der Waals surface area contributed by atoms with Crippen LogP contribution in [0.4, 0.5) is 15.9 Å². The Balaban J connectivity index is 1.32. The van der Waals surface area contributed by atoms with Gasteiger partial charge in [0, 0.05) is 23.2 Å². The van der Waals surface area contributed by atoms with E-state index in [9.17, 15) is 4.39 Å². The van der Waals surface area contributed by atoms with Crippen LogP contribution in [0.3, 0.4) is 0 Å². The second kappa shape index (κ2) is 11.9. The van der Waals surface area contributed by atoms with Gasteiger partial charge < -0.3 is 19.8 Å². The third-order valence-electron chi connectivity index (χ3n) is 5.86. The monoisotopic (exact) mass is 528 g/mol. The Kier molecular flexibility index (Phi) is 7.97. The van der Waals surface area contributed by atoms with Gasteiger partial charge in [-0.05, 0) is 73.2 Å². The molecule has 0 saturated heterocycles. The lowest BCUT2D eigenvalue weighted by Crippen LogP contribution is -2.11. The summed E-state index contributed by atoms with van der Waals surface area (Å²) in [5.74, 6) is 2.47. The number of furan rings is 1. The maximum atomic E-state index is 13.4. The molecule has 2 aromatic heterocycles. The summed E-state index contributed by atoms with van der Waals surface area (Å²) in [6.45, 7) is 3.65. The highest BCUT2D eigenvalue weighted by Gasteiger charge is 2.11. The van der Waals surface area contributed by atoms with E-state index in [-0.39, 0.29) is 12.4 Å². The Morgan fingerprint density at radius 3 is 2.79 bits per heavy atom. The van der Waals surface area contributed by atoms with Gasteiger partial charge in [-0.25, -0.2) is 14.4 Å². The molecule has 5 aromatic rings. The lowest BCUT2D eigenvalue weighted by Gasteiger charge is -2.12. The molecule has 0 saturated carbocycles. The fraction of sp³-hybridized carbons (Fsp3) is 0.133. The quantitative estimate of drug-likeness (QED) is 0.143. The number of halogens is 2. The van der Waals surface area contributed by atoms with Gasteiger partial charge in [-0.3, -0.25) is 0 Å². The van der Waals surface area contributed by atoms with Crippen molar-refractivity contribution < 1.29 is 13.5 Å². The minimum atomic E-state index is -0.304. The average Bonchev–Trinajstić information content (AvgIpc) is 3.40. The van der Waals surface area contributed by atoms with Gasteiger partial charge in [0.05, 0.1) is 17.1 Å². The number of nitrogens with one attached hydrogen (secondary N) is 2. The molecular formula is C30H26ClFN4O2. The molecule has 0 amide bonds.